The van der Waals surface area contributed by atoms with Gasteiger partial charge in [-0.3, -0.25) is 4.79 Å². The van der Waals surface area contributed by atoms with Gasteiger partial charge in [0.25, 0.3) is 0 Å². The second-order valence-electron chi connectivity index (χ2n) is 5.03. The van der Waals surface area contributed by atoms with Crippen molar-refractivity contribution in [1.29, 1.82) is 0 Å². The molecule has 0 bridgehead atoms. The molecule has 0 radical (unpaired) electrons. The Kier molecular flexibility index (Phi) is 5.39. The summed E-state index contributed by atoms with van der Waals surface area (Å²) in [6.45, 7) is 7.52. The lowest BCUT2D eigenvalue weighted by Gasteiger charge is -2.22. The summed E-state index contributed by atoms with van der Waals surface area (Å²) in [5.74, 6) is 1.63. The number of benzene rings is 1. The number of hydrogen-bond acceptors (Lipinski definition) is 4. The number of carbonyl (C=O) groups excluding carboxylic acids is 1. The van der Waals surface area contributed by atoms with E-state index in [2.05, 4.69) is 0 Å². The van der Waals surface area contributed by atoms with E-state index in [1.807, 2.05) is 39.0 Å². The first-order chi connectivity index (χ1) is 10.7. The molecule has 1 aliphatic heterocycles. The van der Waals surface area contributed by atoms with Gasteiger partial charge >= 0.3 is 0 Å². The Balaban J connectivity index is 0.000000847. The first-order valence-corrected chi connectivity index (χ1v) is 7.72. The van der Waals surface area contributed by atoms with Crippen molar-refractivity contribution in [2.24, 2.45) is 5.73 Å². The lowest BCUT2D eigenvalue weighted by atomic mass is 9.89. The number of hydrogen-bond donors (Lipinski definition) is 1. The summed E-state index contributed by atoms with van der Waals surface area (Å²) < 4.78 is 11.2. The Hall–Kier alpha value is -2.07. The fraction of sp³-hybridized carbons (Fsp3) is 0.389. The third-order valence-corrected chi connectivity index (χ3v) is 3.61. The summed E-state index contributed by atoms with van der Waals surface area (Å²) >= 11 is 0. The maximum atomic E-state index is 11.4. The molecule has 4 heteroatoms. The van der Waals surface area contributed by atoms with Gasteiger partial charge in [-0.25, -0.2) is 0 Å². The van der Waals surface area contributed by atoms with Gasteiger partial charge in [-0.2, -0.15) is 0 Å². The van der Waals surface area contributed by atoms with Crippen LogP contribution in [0.1, 0.15) is 38.3 Å². The summed E-state index contributed by atoms with van der Waals surface area (Å²) in [7, 11) is 0. The molecule has 2 aliphatic rings. The molecule has 0 amide bonds. The van der Waals surface area contributed by atoms with Gasteiger partial charge in [0.15, 0.2) is 17.3 Å². The predicted molar refractivity (Wildman–Crippen MR) is 88.0 cm³/mol. The molecule has 0 saturated heterocycles. The molecule has 1 heterocycles. The van der Waals surface area contributed by atoms with E-state index in [-0.39, 0.29) is 5.78 Å². The number of nitrogens with two attached hydrogens (primary N) is 1. The molecule has 22 heavy (non-hydrogen) atoms. The van der Waals surface area contributed by atoms with Crippen molar-refractivity contribution in [3.63, 3.8) is 0 Å². The maximum absolute atomic E-state index is 11.4. The fourth-order valence-electron chi connectivity index (χ4n) is 2.60. The number of allylic oxidation sites excluding steroid dienone is 4. The van der Waals surface area contributed by atoms with Gasteiger partial charge in [0.1, 0.15) is 13.2 Å². The van der Waals surface area contributed by atoms with Gasteiger partial charge < -0.3 is 15.2 Å². The number of ketones is 1. The van der Waals surface area contributed by atoms with Crippen LogP contribution in [0.5, 0.6) is 11.5 Å². The third-order valence-electron chi connectivity index (χ3n) is 3.61. The average Bonchev–Trinajstić information content (AvgIpc) is 2.55. The molecule has 118 valence electrons. The van der Waals surface area contributed by atoms with E-state index >= 15 is 0 Å². The van der Waals surface area contributed by atoms with E-state index in [9.17, 15) is 4.79 Å². The quantitative estimate of drug-likeness (QED) is 0.911. The Bertz CT molecular complexity index is 629. The SMILES string of the molecule is CC.CC1=C(c2cc3c(cc2CN)OCCO3)C=CC(=O)C1. The van der Waals surface area contributed by atoms with Crippen LogP contribution in [-0.2, 0) is 11.3 Å². The zero-order valence-electron chi connectivity index (χ0n) is 13.4. The Morgan fingerprint density at radius 2 is 1.73 bits per heavy atom. The number of fused-ring (bicyclic) bond motifs is 1. The summed E-state index contributed by atoms with van der Waals surface area (Å²) in [5, 5.41) is 0. The molecule has 2 N–H and O–H groups in total. The second kappa shape index (κ2) is 7.27. The molecule has 0 fully saturated rings. The summed E-state index contributed by atoms with van der Waals surface area (Å²) in [6.07, 6.45) is 3.95. The standard InChI is InChI=1S/C16H17NO3.C2H6/c1-10-6-12(18)2-3-13(10)14-8-16-15(7-11(14)9-17)19-4-5-20-16;1-2/h2-3,7-8H,4-6,9,17H2,1H3;1-2H3. The van der Waals surface area contributed by atoms with Crippen LogP contribution in [0.25, 0.3) is 5.57 Å². The molecular formula is C18H23NO3. The topological polar surface area (TPSA) is 61.6 Å². The molecule has 0 spiro atoms. The van der Waals surface area contributed by atoms with E-state index in [1.54, 1.807) is 6.08 Å². The van der Waals surface area contributed by atoms with Gasteiger partial charge in [-0.1, -0.05) is 25.5 Å². The lowest BCUT2D eigenvalue weighted by Crippen LogP contribution is -2.16. The number of rotatable bonds is 2. The van der Waals surface area contributed by atoms with Crippen molar-refractivity contribution in [2.75, 3.05) is 13.2 Å². The van der Waals surface area contributed by atoms with Crippen LogP contribution in [-0.4, -0.2) is 19.0 Å². The average molecular weight is 301 g/mol. The highest BCUT2D eigenvalue weighted by Crippen LogP contribution is 2.38. The van der Waals surface area contributed by atoms with Crippen molar-refractivity contribution in [1.82, 2.24) is 0 Å². The molecule has 3 rings (SSSR count). The van der Waals surface area contributed by atoms with E-state index in [1.165, 1.54) is 0 Å². The zero-order valence-corrected chi connectivity index (χ0v) is 13.4. The molecule has 0 saturated carbocycles. The van der Waals surface area contributed by atoms with Gasteiger partial charge in [-0.15, -0.1) is 0 Å². The minimum absolute atomic E-state index is 0.137. The zero-order chi connectivity index (χ0) is 16.1. The first-order valence-electron chi connectivity index (χ1n) is 7.72. The Morgan fingerprint density at radius 3 is 2.32 bits per heavy atom. The molecule has 4 nitrogen and oxygen atoms in total. The van der Waals surface area contributed by atoms with Crippen LogP contribution in [0.15, 0.2) is 29.9 Å². The molecular weight excluding hydrogens is 278 g/mol. The monoisotopic (exact) mass is 301 g/mol. The molecule has 1 aromatic carbocycles. The molecule has 0 unspecified atom stereocenters. The van der Waals surface area contributed by atoms with Crippen molar-refractivity contribution < 1.29 is 14.3 Å². The maximum Gasteiger partial charge on any atom is 0.161 e. The van der Waals surface area contributed by atoms with Crippen LogP contribution in [0, 0.1) is 0 Å². The summed E-state index contributed by atoms with van der Waals surface area (Å²) in [4.78, 5) is 11.4. The van der Waals surface area contributed by atoms with Gasteiger partial charge in [0.05, 0.1) is 0 Å². The van der Waals surface area contributed by atoms with E-state index in [4.69, 9.17) is 15.2 Å². The molecule has 1 aromatic rings. The molecule has 1 aliphatic carbocycles. The van der Waals surface area contributed by atoms with Crippen LogP contribution >= 0.6 is 0 Å². The number of carbonyl (C=O) groups is 1. The van der Waals surface area contributed by atoms with E-state index in [0.29, 0.717) is 26.2 Å². The lowest BCUT2D eigenvalue weighted by molar-refractivity contribution is -0.114. The minimum Gasteiger partial charge on any atom is -0.486 e. The highest BCUT2D eigenvalue weighted by Gasteiger charge is 2.19. The number of ether oxygens (including phenoxy) is 2. The highest BCUT2D eigenvalue weighted by molar-refractivity contribution is 5.99. The van der Waals surface area contributed by atoms with Crippen LogP contribution < -0.4 is 15.2 Å². The van der Waals surface area contributed by atoms with Gasteiger partial charge in [0.2, 0.25) is 0 Å². The summed E-state index contributed by atoms with van der Waals surface area (Å²) in [6, 6.07) is 3.91. The molecule has 0 atom stereocenters. The van der Waals surface area contributed by atoms with Crippen molar-refractivity contribution in [3.8, 4) is 11.5 Å². The highest BCUT2D eigenvalue weighted by atomic mass is 16.6. The Labute approximate surface area is 131 Å². The summed E-state index contributed by atoms with van der Waals surface area (Å²) in [5.41, 5.74) is 10.00. The van der Waals surface area contributed by atoms with Crippen LogP contribution in [0.2, 0.25) is 0 Å². The third kappa shape index (κ3) is 3.22. The molecule has 0 aromatic heterocycles. The fourth-order valence-corrected chi connectivity index (χ4v) is 2.60. The van der Waals surface area contributed by atoms with Crippen LogP contribution in [0.3, 0.4) is 0 Å². The minimum atomic E-state index is 0.137. The Morgan fingerprint density at radius 1 is 1.09 bits per heavy atom. The van der Waals surface area contributed by atoms with Crippen molar-refractivity contribution in [3.05, 3.63) is 41.0 Å². The second-order valence-corrected chi connectivity index (χ2v) is 5.03. The van der Waals surface area contributed by atoms with E-state index in [0.717, 1.165) is 33.8 Å². The normalized spacial score (nSPS) is 16.3. The van der Waals surface area contributed by atoms with Gasteiger partial charge in [-0.05, 0) is 41.8 Å². The first kappa shape index (κ1) is 16.3. The predicted octanol–water partition coefficient (Wildman–Crippen LogP) is 3.25. The van der Waals surface area contributed by atoms with Crippen LogP contribution in [0.4, 0.5) is 0 Å². The van der Waals surface area contributed by atoms with Crippen molar-refractivity contribution in [2.45, 2.75) is 33.7 Å². The largest absolute Gasteiger partial charge is 0.486 e. The van der Waals surface area contributed by atoms with Gasteiger partial charge in [0, 0.05) is 13.0 Å². The smallest absolute Gasteiger partial charge is 0.161 e. The van der Waals surface area contributed by atoms with E-state index < -0.39 is 0 Å². The van der Waals surface area contributed by atoms with Crippen molar-refractivity contribution >= 4 is 11.4 Å².